The number of thioether (sulfide) groups is 1. The molecule has 3 aliphatic rings. The summed E-state index contributed by atoms with van der Waals surface area (Å²) in [5, 5.41) is 29.8. The second-order valence-corrected chi connectivity index (χ2v) is 15.8. The van der Waals surface area contributed by atoms with Gasteiger partial charge in [0.25, 0.3) is 0 Å². The van der Waals surface area contributed by atoms with Crippen LogP contribution in [0.15, 0.2) is 12.7 Å². The molecule has 0 aliphatic carbocycles. The first kappa shape index (κ1) is 37.3. The summed E-state index contributed by atoms with van der Waals surface area (Å²) in [6, 6.07) is 0.141. The largest absolute Gasteiger partial charge is 0.538 e. The minimum atomic E-state index is -5.42. The van der Waals surface area contributed by atoms with E-state index in [2.05, 4.69) is 44.3 Å². The van der Waals surface area contributed by atoms with Gasteiger partial charge in [-0.3, -0.25) is 23.6 Å². The Morgan fingerprint density at radius 2 is 1.86 bits per heavy atom. The summed E-state index contributed by atoms with van der Waals surface area (Å²) in [5.41, 5.74) is 6.13. The molecule has 3 saturated heterocycles. The van der Waals surface area contributed by atoms with Gasteiger partial charge >= 0.3 is 27.6 Å². The zero-order valence-electron chi connectivity index (χ0n) is 25.9. The number of nitrogens with zero attached hydrogens (tertiary/aromatic N) is 4. The monoisotopic (exact) mass is 752 g/mol. The lowest BCUT2D eigenvalue weighted by Gasteiger charge is -2.19. The molecule has 0 spiro atoms. The Bertz CT molecular complexity index is 1620. The third-order valence-electron chi connectivity index (χ3n) is 8.03. The molecular weight excluding hydrogens is 714 g/mol. The van der Waals surface area contributed by atoms with Gasteiger partial charge in [-0.1, -0.05) is 6.42 Å². The molecule has 2 aromatic rings. The second kappa shape index (κ2) is 16.0. The molecule has 3 amide bonds. The standard InChI is InChI=1S/C25H38N8O13P2S/c26-22-19-23(29-11-28-22)33(12-30-19)24-21(37)20(36)14(44-24)9-43-47(39,40)46-48(41,42)45-17(35)7-3-4-8-27-16(34)6-2-1-5-15-18-13(10-49-15)31-25(38)32-18/h11-15,18,20-21,24,36-37H,1-10H2,(H,27,34)(H,39,40)(H,41,42)(H2,26,28,29)(H2,31,32,38)/t13-,14+,15-,18-,20?,21-,24+/m0/s1. The lowest BCUT2D eigenvalue weighted by molar-refractivity contribution is -0.135. The number of rotatable bonds is 17. The molecule has 5 rings (SSSR count). The van der Waals surface area contributed by atoms with E-state index < -0.39 is 52.8 Å². The van der Waals surface area contributed by atoms with Crippen molar-refractivity contribution < 1.29 is 61.6 Å². The number of aliphatic hydroxyl groups excluding tert-OH is 2. The first-order chi connectivity index (χ1) is 23.2. The van der Waals surface area contributed by atoms with Crippen LogP contribution < -0.4 is 21.7 Å². The lowest BCUT2D eigenvalue weighted by atomic mass is 10.0. The number of unbranched alkanes of at least 4 members (excludes halogenated alkanes) is 2. The van der Waals surface area contributed by atoms with Crippen molar-refractivity contribution in [3.63, 3.8) is 0 Å². The van der Waals surface area contributed by atoms with E-state index in [0.717, 1.165) is 24.9 Å². The summed E-state index contributed by atoms with van der Waals surface area (Å²) in [7, 11) is -10.8. The van der Waals surface area contributed by atoms with E-state index in [-0.39, 0.29) is 60.4 Å². The highest BCUT2D eigenvalue weighted by molar-refractivity contribution is 8.00. The minimum Gasteiger partial charge on any atom is -0.387 e. The van der Waals surface area contributed by atoms with Crippen LogP contribution >= 0.6 is 27.4 Å². The van der Waals surface area contributed by atoms with E-state index >= 15 is 0 Å². The third kappa shape index (κ3) is 9.66. The number of hydrogen-bond donors (Lipinski definition) is 8. The zero-order valence-corrected chi connectivity index (χ0v) is 28.5. The predicted molar refractivity (Wildman–Crippen MR) is 169 cm³/mol. The molecule has 3 fully saturated rings. The van der Waals surface area contributed by atoms with Crippen molar-refractivity contribution in [3.8, 4) is 0 Å². The fourth-order valence-corrected chi connectivity index (χ4v) is 9.24. The van der Waals surface area contributed by atoms with Gasteiger partial charge < -0.3 is 46.1 Å². The summed E-state index contributed by atoms with van der Waals surface area (Å²) >= 11 is 1.81. The number of nitrogens with one attached hydrogen (secondary N) is 3. The van der Waals surface area contributed by atoms with Crippen molar-refractivity contribution in [3.05, 3.63) is 12.7 Å². The van der Waals surface area contributed by atoms with Crippen molar-refractivity contribution in [2.75, 3.05) is 24.6 Å². The number of aromatic nitrogens is 4. The fraction of sp³-hybridized carbons (Fsp3) is 0.680. The molecule has 21 nitrogen and oxygen atoms in total. The van der Waals surface area contributed by atoms with E-state index in [1.54, 1.807) is 0 Å². The highest BCUT2D eigenvalue weighted by Gasteiger charge is 2.47. The highest BCUT2D eigenvalue weighted by atomic mass is 32.2. The van der Waals surface area contributed by atoms with Crippen LogP contribution in [0.3, 0.4) is 0 Å². The Labute approximate surface area is 283 Å². The number of imidazole rings is 1. The number of fused-ring (bicyclic) bond motifs is 2. The average Bonchev–Trinajstić information content (AvgIpc) is 3.78. The Hall–Kier alpha value is -2.91. The van der Waals surface area contributed by atoms with Crippen molar-refractivity contribution in [1.29, 1.82) is 0 Å². The molecule has 0 aromatic carbocycles. The Morgan fingerprint density at radius 3 is 2.65 bits per heavy atom. The van der Waals surface area contributed by atoms with Crippen LogP contribution in [-0.2, 0) is 36.8 Å². The summed E-state index contributed by atoms with van der Waals surface area (Å²) in [6.07, 6.45) is -0.621. The number of hydrogen-bond acceptors (Lipinski definition) is 16. The van der Waals surface area contributed by atoms with E-state index in [1.807, 2.05) is 11.8 Å². The van der Waals surface area contributed by atoms with Gasteiger partial charge in [0.05, 0.1) is 25.0 Å². The molecular formula is C25H38N8O13P2S. The quantitative estimate of drug-likeness (QED) is 0.0590. The number of aliphatic hydroxyl groups is 2. The predicted octanol–water partition coefficient (Wildman–Crippen LogP) is -0.183. The lowest BCUT2D eigenvalue weighted by Crippen LogP contribution is -2.36. The van der Waals surface area contributed by atoms with E-state index in [1.165, 1.54) is 10.9 Å². The van der Waals surface area contributed by atoms with Gasteiger partial charge in [-0.05, 0) is 25.7 Å². The molecule has 0 saturated carbocycles. The Kier molecular flexibility index (Phi) is 12.2. The molecule has 24 heteroatoms. The molecule has 3 unspecified atom stereocenters. The molecule has 272 valence electrons. The number of phosphoric acid groups is 2. The summed E-state index contributed by atoms with van der Waals surface area (Å²) in [4.78, 5) is 67.3. The van der Waals surface area contributed by atoms with Gasteiger partial charge in [-0.25, -0.2) is 28.9 Å². The SMILES string of the molecule is Nc1ncnc2c1ncn2[C@@H]1O[C@H](COP(=O)(O)OP(=O)(O)OC(=O)CCCCNC(=O)CCCC[C@@H]2SC[C@@H]3NC(=O)N[C@@H]32)C(O)[C@@H]1O. The van der Waals surface area contributed by atoms with E-state index in [9.17, 15) is 43.5 Å². The molecule has 0 radical (unpaired) electrons. The van der Waals surface area contributed by atoms with Crippen LogP contribution in [0.1, 0.15) is 51.2 Å². The van der Waals surface area contributed by atoms with Crippen LogP contribution in [0.25, 0.3) is 11.2 Å². The minimum absolute atomic E-state index is 0.0590. The van der Waals surface area contributed by atoms with Gasteiger partial charge in [0, 0.05) is 30.4 Å². The number of nitrogens with two attached hydrogens (primary N) is 1. The Morgan fingerprint density at radius 1 is 1.08 bits per heavy atom. The van der Waals surface area contributed by atoms with Crippen LogP contribution in [0.4, 0.5) is 10.6 Å². The van der Waals surface area contributed by atoms with Gasteiger partial charge in [-0.2, -0.15) is 16.1 Å². The number of carbonyl (C=O) groups excluding carboxylic acids is 3. The molecule has 9 N–H and O–H groups in total. The number of ether oxygens (including phenoxy) is 1. The maximum absolute atomic E-state index is 12.3. The second-order valence-electron chi connectivity index (χ2n) is 11.6. The third-order valence-corrected chi connectivity index (χ3v) is 12.1. The first-order valence-corrected chi connectivity index (χ1v) is 19.4. The molecule has 2 aromatic heterocycles. The van der Waals surface area contributed by atoms with Gasteiger partial charge in [0.1, 0.15) is 30.2 Å². The van der Waals surface area contributed by atoms with Crippen molar-refractivity contribution >= 4 is 62.3 Å². The summed E-state index contributed by atoms with van der Waals surface area (Å²) in [6.45, 7) is -0.633. The van der Waals surface area contributed by atoms with E-state index in [0.29, 0.717) is 24.5 Å². The maximum atomic E-state index is 12.3. The smallest absolute Gasteiger partial charge is 0.387 e. The fourth-order valence-electron chi connectivity index (χ4n) is 5.65. The molecule has 49 heavy (non-hydrogen) atoms. The molecule has 9 atom stereocenters. The zero-order chi connectivity index (χ0) is 35.3. The maximum Gasteiger partial charge on any atom is 0.538 e. The van der Waals surface area contributed by atoms with Crippen LogP contribution in [0, 0.1) is 0 Å². The van der Waals surface area contributed by atoms with Gasteiger partial charge in [0.15, 0.2) is 17.7 Å². The average molecular weight is 753 g/mol. The summed E-state index contributed by atoms with van der Waals surface area (Å²) < 4.78 is 44.6. The van der Waals surface area contributed by atoms with Crippen molar-refractivity contribution in [2.45, 2.75) is 86.8 Å². The van der Waals surface area contributed by atoms with E-state index in [4.69, 9.17) is 10.5 Å². The topological polar surface area (TPSA) is 309 Å². The number of anilines is 1. The first-order valence-electron chi connectivity index (χ1n) is 15.4. The summed E-state index contributed by atoms with van der Waals surface area (Å²) in [5.74, 6) is -0.422. The molecule has 3 aliphatic heterocycles. The van der Waals surface area contributed by atoms with Crippen molar-refractivity contribution in [1.82, 2.24) is 35.5 Å². The number of carbonyl (C=O) groups is 3. The number of urea groups is 1. The number of phosphoric ester groups is 2. The van der Waals surface area contributed by atoms with Crippen LogP contribution in [0.5, 0.6) is 0 Å². The highest BCUT2D eigenvalue weighted by Crippen LogP contribution is 2.60. The van der Waals surface area contributed by atoms with Crippen LogP contribution in [0.2, 0.25) is 0 Å². The normalized spacial score (nSPS) is 28.7. The van der Waals surface area contributed by atoms with Crippen LogP contribution in [-0.4, -0.2) is 112 Å². The van der Waals surface area contributed by atoms with Crippen molar-refractivity contribution in [2.24, 2.45) is 0 Å². The number of nitrogen functional groups attached to an aromatic ring is 1. The molecule has 0 bridgehead atoms. The van der Waals surface area contributed by atoms with Gasteiger partial charge in [-0.15, -0.1) is 0 Å². The molecule has 5 heterocycles. The van der Waals surface area contributed by atoms with Gasteiger partial charge in [0.2, 0.25) is 5.91 Å². The number of amides is 3. The Balaban J connectivity index is 0.948.